The van der Waals surface area contributed by atoms with Crippen molar-refractivity contribution in [3.8, 4) is 11.6 Å². The van der Waals surface area contributed by atoms with Gasteiger partial charge in [0.15, 0.2) is 0 Å². The van der Waals surface area contributed by atoms with Crippen LogP contribution in [0.1, 0.15) is 16.8 Å². The van der Waals surface area contributed by atoms with Gasteiger partial charge in [-0.3, -0.25) is 5.41 Å². The number of nitrogen functional groups attached to an aromatic ring is 1. The molecule has 0 amide bonds. The maximum absolute atomic E-state index is 13.2. The summed E-state index contributed by atoms with van der Waals surface area (Å²) in [4.78, 5) is 0. The Labute approximate surface area is 123 Å². The van der Waals surface area contributed by atoms with E-state index < -0.39 is 5.82 Å². The summed E-state index contributed by atoms with van der Waals surface area (Å²) >= 11 is 3.07. The van der Waals surface area contributed by atoms with Crippen LogP contribution in [-0.4, -0.2) is 16.0 Å². The highest BCUT2D eigenvalue weighted by Gasteiger charge is 2.16. The summed E-state index contributed by atoms with van der Waals surface area (Å²) in [5.74, 6) is -0.0515. The smallest absolute Gasteiger partial charge is 0.250 e. The predicted octanol–water partition coefficient (Wildman–Crippen LogP) is 3.07. The van der Waals surface area contributed by atoms with Gasteiger partial charge in [0.1, 0.15) is 17.4 Å². The lowest BCUT2D eigenvalue weighted by atomic mass is 10.1. The fourth-order valence-electron chi connectivity index (χ4n) is 1.63. The zero-order valence-electron chi connectivity index (χ0n) is 10.9. The van der Waals surface area contributed by atoms with Gasteiger partial charge in [0.05, 0.1) is 15.7 Å². The highest BCUT2D eigenvalue weighted by atomic mass is 79.9. The van der Waals surface area contributed by atoms with Crippen molar-refractivity contribution in [1.82, 2.24) is 10.2 Å². The summed E-state index contributed by atoms with van der Waals surface area (Å²) in [6.07, 6.45) is 0. The molecule has 0 fully saturated rings. The molecule has 2 aromatic rings. The largest absolute Gasteiger partial charge is 0.437 e. The lowest BCUT2D eigenvalue weighted by Gasteiger charge is -2.12. The molecule has 1 aromatic carbocycles. The Hall–Kier alpha value is -2.02. The van der Waals surface area contributed by atoms with Gasteiger partial charge in [-0.05, 0) is 53.5 Å². The van der Waals surface area contributed by atoms with Gasteiger partial charge in [-0.15, -0.1) is 5.10 Å². The third-order valence-corrected chi connectivity index (χ3v) is 3.41. The fourth-order valence-corrected chi connectivity index (χ4v) is 1.99. The van der Waals surface area contributed by atoms with Crippen molar-refractivity contribution in [3.05, 3.63) is 45.3 Å². The van der Waals surface area contributed by atoms with Crippen LogP contribution in [0.3, 0.4) is 0 Å². The molecule has 0 saturated carbocycles. The zero-order valence-corrected chi connectivity index (χ0v) is 12.5. The zero-order chi connectivity index (χ0) is 14.9. The van der Waals surface area contributed by atoms with E-state index in [0.717, 1.165) is 5.56 Å². The molecular formula is C13H12BrFN4O. The van der Waals surface area contributed by atoms with Gasteiger partial charge in [0, 0.05) is 0 Å². The van der Waals surface area contributed by atoms with E-state index in [1.54, 1.807) is 13.8 Å². The minimum Gasteiger partial charge on any atom is -0.437 e. The molecule has 0 aliphatic rings. The van der Waals surface area contributed by atoms with Crippen LogP contribution < -0.4 is 10.5 Å². The molecule has 1 aromatic heterocycles. The molecule has 2 rings (SSSR count). The quantitative estimate of drug-likeness (QED) is 0.665. The lowest BCUT2D eigenvalue weighted by molar-refractivity contribution is 0.450. The second kappa shape index (κ2) is 5.54. The Morgan fingerprint density at radius 3 is 2.65 bits per heavy atom. The van der Waals surface area contributed by atoms with Crippen molar-refractivity contribution < 1.29 is 9.13 Å². The number of amidine groups is 1. The standard InChI is InChI=1S/C13H12BrFN4O/c1-6-7(2)18-19-13(11(6)12(16)17)20-8-3-4-10(15)9(14)5-8/h3-5H,1-2H3,(H3,16,17). The SMILES string of the molecule is Cc1nnc(Oc2ccc(F)c(Br)c2)c(C(=N)N)c1C. The first-order valence-electron chi connectivity index (χ1n) is 5.71. The molecule has 0 bridgehead atoms. The number of nitrogens with two attached hydrogens (primary N) is 1. The Balaban J connectivity index is 2.45. The maximum Gasteiger partial charge on any atom is 0.250 e. The average molecular weight is 339 g/mol. The molecule has 0 atom stereocenters. The highest BCUT2D eigenvalue weighted by Crippen LogP contribution is 2.28. The second-order valence-corrected chi connectivity index (χ2v) is 5.04. The van der Waals surface area contributed by atoms with Crippen LogP contribution in [0.15, 0.2) is 22.7 Å². The van der Waals surface area contributed by atoms with E-state index in [1.807, 2.05) is 0 Å². The minimum absolute atomic E-state index is 0.124. The first kappa shape index (κ1) is 14.4. The summed E-state index contributed by atoms with van der Waals surface area (Å²) < 4.78 is 19.0. The molecule has 3 N–H and O–H groups in total. The minimum atomic E-state index is -0.393. The molecule has 1 heterocycles. The van der Waals surface area contributed by atoms with Crippen LogP contribution in [0, 0.1) is 25.1 Å². The molecule has 5 nitrogen and oxygen atoms in total. The van der Waals surface area contributed by atoms with Gasteiger partial charge in [-0.25, -0.2) is 4.39 Å². The normalized spacial score (nSPS) is 10.4. The van der Waals surface area contributed by atoms with Gasteiger partial charge >= 0.3 is 0 Å². The van der Waals surface area contributed by atoms with Crippen LogP contribution in [0.25, 0.3) is 0 Å². The third kappa shape index (κ3) is 2.77. The molecule has 0 spiro atoms. The molecule has 104 valence electrons. The van der Waals surface area contributed by atoms with E-state index in [0.29, 0.717) is 17.0 Å². The average Bonchev–Trinajstić information content (AvgIpc) is 2.38. The summed E-state index contributed by atoms with van der Waals surface area (Å²) in [6.45, 7) is 3.56. The van der Waals surface area contributed by atoms with Crippen LogP contribution >= 0.6 is 15.9 Å². The Morgan fingerprint density at radius 1 is 1.35 bits per heavy atom. The molecule has 0 saturated heterocycles. The second-order valence-electron chi connectivity index (χ2n) is 4.18. The molecule has 20 heavy (non-hydrogen) atoms. The number of aromatic nitrogens is 2. The number of benzene rings is 1. The molecule has 0 unspecified atom stereocenters. The van der Waals surface area contributed by atoms with Gasteiger partial charge in [0.2, 0.25) is 5.88 Å². The van der Waals surface area contributed by atoms with Crippen molar-refractivity contribution in [3.63, 3.8) is 0 Å². The van der Waals surface area contributed by atoms with E-state index in [4.69, 9.17) is 15.9 Å². The van der Waals surface area contributed by atoms with Crippen LogP contribution in [0.4, 0.5) is 4.39 Å². The summed E-state index contributed by atoms with van der Waals surface area (Å²) in [6, 6.07) is 4.19. The Kier molecular flexibility index (Phi) is 3.99. The number of nitrogens with one attached hydrogen (secondary N) is 1. The van der Waals surface area contributed by atoms with Gasteiger partial charge < -0.3 is 10.5 Å². The van der Waals surface area contributed by atoms with Gasteiger partial charge in [-0.1, -0.05) is 0 Å². The number of hydrogen-bond donors (Lipinski definition) is 2. The predicted molar refractivity (Wildman–Crippen MR) is 76.7 cm³/mol. The van der Waals surface area contributed by atoms with Crippen molar-refractivity contribution in [1.29, 1.82) is 5.41 Å². The molecule has 7 heteroatoms. The van der Waals surface area contributed by atoms with E-state index in [1.165, 1.54) is 18.2 Å². The third-order valence-electron chi connectivity index (χ3n) is 2.80. The van der Waals surface area contributed by atoms with Gasteiger partial charge in [-0.2, -0.15) is 5.10 Å². The maximum atomic E-state index is 13.2. The van der Waals surface area contributed by atoms with Crippen LogP contribution in [-0.2, 0) is 0 Å². The van der Waals surface area contributed by atoms with Crippen LogP contribution in [0.5, 0.6) is 11.6 Å². The Bertz CT molecular complexity index is 690. The van der Waals surface area contributed by atoms with Gasteiger partial charge in [0.25, 0.3) is 0 Å². The first-order chi connectivity index (χ1) is 9.40. The fraction of sp³-hybridized carbons (Fsp3) is 0.154. The van der Waals surface area contributed by atoms with Crippen molar-refractivity contribution >= 4 is 21.8 Å². The molecule has 0 aliphatic heterocycles. The number of aryl methyl sites for hydroxylation is 1. The number of hydrogen-bond acceptors (Lipinski definition) is 4. The molecular weight excluding hydrogens is 327 g/mol. The first-order valence-corrected chi connectivity index (χ1v) is 6.50. The lowest BCUT2D eigenvalue weighted by Crippen LogP contribution is -2.16. The topological polar surface area (TPSA) is 84.9 Å². The van der Waals surface area contributed by atoms with E-state index in [-0.39, 0.29) is 16.2 Å². The van der Waals surface area contributed by atoms with Crippen molar-refractivity contribution in [2.24, 2.45) is 5.73 Å². The van der Waals surface area contributed by atoms with Crippen LogP contribution in [0.2, 0.25) is 0 Å². The summed E-state index contributed by atoms with van der Waals surface area (Å²) in [5, 5.41) is 15.5. The highest BCUT2D eigenvalue weighted by molar-refractivity contribution is 9.10. The molecule has 0 aliphatic carbocycles. The van der Waals surface area contributed by atoms with E-state index in [2.05, 4.69) is 26.1 Å². The number of ether oxygens (including phenoxy) is 1. The number of nitrogens with zero attached hydrogens (tertiary/aromatic N) is 2. The monoisotopic (exact) mass is 338 g/mol. The number of halogens is 2. The van der Waals surface area contributed by atoms with E-state index >= 15 is 0 Å². The van der Waals surface area contributed by atoms with Crippen molar-refractivity contribution in [2.45, 2.75) is 13.8 Å². The van der Waals surface area contributed by atoms with E-state index in [9.17, 15) is 4.39 Å². The summed E-state index contributed by atoms with van der Waals surface area (Å²) in [7, 11) is 0. The summed E-state index contributed by atoms with van der Waals surface area (Å²) in [5.41, 5.74) is 7.34. The Morgan fingerprint density at radius 2 is 2.05 bits per heavy atom. The molecule has 0 radical (unpaired) electrons. The number of rotatable bonds is 3. The van der Waals surface area contributed by atoms with Crippen molar-refractivity contribution in [2.75, 3.05) is 0 Å².